The minimum Gasteiger partial charge on any atom is -0.479 e. The molecule has 0 unspecified atom stereocenters. The smallest absolute Gasteiger partial charge is 0.335 e. The lowest BCUT2D eigenvalue weighted by molar-refractivity contribution is -0.130. The van der Waals surface area contributed by atoms with Crippen LogP contribution in [0.5, 0.6) is 5.88 Å². The van der Waals surface area contributed by atoms with Crippen LogP contribution in [0.1, 0.15) is 61.6 Å². The third kappa shape index (κ3) is 4.19. The molecule has 4 heterocycles. The van der Waals surface area contributed by atoms with Crippen LogP contribution in [0.2, 0.25) is 22.2 Å². The molecule has 3 atom stereocenters. The molecule has 200 valence electrons. The SMILES string of the molecule is COc1nc(N)nc2c1ncn2[C@@H]1O[C@@H]2CO[Si](C(C)C)(C(C)C)O[Si](C(C)C)(C(C)C)O[C@H]2C1=O. The Morgan fingerprint density at radius 1 is 1.03 bits per heavy atom. The molecule has 11 nitrogen and oxygen atoms in total. The first-order chi connectivity index (χ1) is 16.9. The molecule has 36 heavy (non-hydrogen) atoms. The highest BCUT2D eigenvalue weighted by Gasteiger charge is 2.61. The Balaban J connectivity index is 1.79. The third-order valence-electron chi connectivity index (χ3n) is 7.34. The van der Waals surface area contributed by atoms with Crippen molar-refractivity contribution in [1.82, 2.24) is 19.5 Å². The zero-order chi connectivity index (χ0) is 26.6. The summed E-state index contributed by atoms with van der Waals surface area (Å²) < 4.78 is 34.0. The second kappa shape index (κ2) is 9.76. The van der Waals surface area contributed by atoms with Crippen LogP contribution in [0.3, 0.4) is 0 Å². The van der Waals surface area contributed by atoms with Crippen LogP contribution < -0.4 is 10.5 Å². The van der Waals surface area contributed by atoms with Crippen LogP contribution in [-0.4, -0.2) is 68.3 Å². The Hall–Kier alpha value is -1.91. The molecule has 2 fully saturated rings. The van der Waals surface area contributed by atoms with Crippen LogP contribution in [0.4, 0.5) is 5.95 Å². The van der Waals surface area contributed by atoms with Crippen molar-refractivity contribution in [3.05, 3.63) is 6.33 Å². The number of rotatable bonds is 6. The normalized spacial score (nSPS) is 26.1. The van der Waals surface area contributed by atoms with Gasteiger partial charge in [0.25, 0.3) is 0 Å². The minimum absolute atomic E-state index is 0.0150. The van der Waals surface area contributed by atoms with Crippen LogP contribution in [0.15, 0.2) is 6.33 Å². The number of hydrogen-bond acceptors (Lipinski definition) is 10. The summed E-state index contributed by atoms with van der Waals surface area (Å²) >= 11 is 0. The van der Waals surface area contributed by atoms with Crippen molar-refractivity contribution in [2.24, 2.45) is 0 Å². The maximum atomic E-state index is 13.9. The molecule has 4 rings (SSSR count). The van der Waals surface area contributed by atoms with Crippen molar-refractivity contribution in [2.45, 2.75) is 96.0 Å². The van der Waals surface area contributed by atoms with Gasteiger partial charge >= 0.3 is 17.1 Å². The van der Waals surface area contributed by atoms with E-state index < -0.39 is 35.6 Å². The van der Waals surface area contributed by atoms with E-state index in [0.717, 1.165) is 0 Å². The fraction of sp³-hybridized carbons (Fsp3) is 0.739. The molecule has 0 aliphatic carbocycles. The number of methoxy groups -OCH3 is 1. The average molecular weight is 538 g/mol. The number of anilines is 1. The number of Topliss-reactive ketones (excluding diaryl/α,β-unsaturated/α-hetero) is 1. The van der Waals surface area contributed by atoms with Gasteiger partial charge in [0, 0.05) is 0 Å². The summed E-state index contributed by atoms with van der Waals surface area (Å²) in [5.74, 6) is 0.0294. The summed E-state index contributed by atoms with van der Waals surface area (Å²) in [6, 6.07) is 0. The van der Waals surface area contributed by atoms with Gasteiger partial charge in [-0.05, 0) is 22.2 Å². The monoisotopic (exact) mass is 537 g/mol. The van der Waals surface area contributed by atoms with E-state index in [9.17, 15) is 4.79 Å². The fourth-order valence-corrected chi connectivity index (χ4v) is 16.6. The van der Waals surface area contributed by atoms with E-state index in [4.69, 9.17) is 28.2 Å². The van der Waals surface area contributed by atoms with Gasteiger partial charge in [-0.15, -0.1) is 0 Å². The predicted molar refractivity (Wildman–Crippen MR) is 139 cm³/mol. The van der Waals surface area contributed by atoms with E-state index in [1.165, 1.54) is 13.4 Å². The van der Waals surface area contributed by atoms with Crippen molar-refractivity contribution >= 4 is 40.0 Å². The van der Waals surface area contributed by atoms with E-state index in [2.05, 4.69) is 70.3 Å². The van der Waals surface area contributed by atoms with Gasteiger partial charge in [0.2, 0.25) is 17.6 Å². The largest absolute Gasteiger partial charge is 0.479 e. The van der Waals surface area contributed by atoms with Gasteiger partial charge in [-0.1, -0.05) is 55.4 Å². The second-order valence-corrected chi connectivity index (χ2v) is 19.7. The summed E-state index contributed by atoms with van der Waals surface area (Å²) in [4.78, 5) is 26.6. The molecule has 2 aliphatic rings. The number of hydrogen-bond donors (Lipinski definition) is 1. The van der Waals surface area contributed by atoms with Crippen LogP contribution >= 0.6 is 0 Å². The molecule has 0 radical (unpaired) electrons. The van der Waals surface area contributed by atoms with Crippen molar-refractivity contribution in [1.29, 1.82) is 0 Å². The zero-order valence-electron chi connectivity index (χ0n) is 22.6. The van der Waals surface area contributed by atoms with Crippen molar-refractivity contribution in [3.8, 4) is 5.88 Å². The second-order valence-electron chi connectivity index (χ2n) is 10.9. The van der Waals surface area contributed by atoms with Gasteiger partial charge in [-0.2, -0.15) is 9.97 Å². The molecule has 0 bridgehead atoms. The molecule has 0 aromatic carbocycles. The Bertz CT molecular complexity index is 1110. The topological polar surface area (TPSA) is 133 Å². The van der Waals surface area contributed by atoms with E-state index in [1.54, 1.807) is 4.57 Å². The van der Waals surface area contributed by atoms with Crippen LogP contribution in [-0.2, 0) is 22.5 Å². The molecule has 0 amide bonds. The van der Waals surface area contributed by atoms with Gasteiger partial charge in [0.15, 0.2) is 17.4 Å². The minimum atomic E-state index is -2.95. The van der Waals surface area contributed by atoms with E-state index >= 15 is 0 Å². The Morgan fingerprint density at radius 2 is 1.64 bits per heavy atom. The number of aromatic nitrogens is 4. The number of nitrogens with two attached hydrogens (primary N) is 1. The molecular weight excluding hydrogens is 498 g/mol. The number of fused-ring (bicyclic) bond motifs is 2. The summed E-state index contributed by atoms with van der Waals surface area (Å²) in [7, 11) is -4.22. The first-order valence-corrected chi connectivity index (χ1v) is 16.6. The molecule has 2 saturated heterocycles. The Kier molecular flexibility index (Phi) is 7.36. The van der Waals surface area contributed by atoms with E-state index in [-0.39, 0.29) is 46.4 Å². The summed E-state index contributed by atoms with van der Waals surface area (Å²) in [5.41, 5.74) is 7.23. The number of carbonyl (C=O) groups is 1. The summed E-state index contributed by atoms with van der Waals surface area (Å²) in [6.45, 7) is 17.3. The molecule has 2 aromatic rings. The molecule has 0 saturated carbocycles. The van der Waals surface area contributed by atoms with Gasteiger partial charge in [0.1, 0.15) is 12.2 Å². The van der Waals surface area contributed by atoms with E-state index in [1.807, 2.05) is 0 Å². The quantitative estimate of drug-likeness (QED) is 0.542. The number of ketones is 1. The maximum absolute atomic E-state index is 13.9. The van der Waals surface area contributed by atoms with Crippen molar-refractivity contribution < 1.29 is 27.2 Å². The third-order valence-corrected chi connectivity index (χ3v) is 17.6. The lowest BCUT2D eigenvalue weighted by atomic mass is 10.1. The van der Waals surface area contributed by atoms with Crippen LogP contribution in [0.25, 0.3) is 11.2 Å². The fourth-order valence-electron chi connectivity index (χ4n) is 5.44. The zero-order valence-corrected chi connectivity index (χ0v) is 24.6. The number of ether oxygens (including phenoxy) is 2. The van der Waals surface area contributed by atoms with Crippen molar-refractivity contribution in [3.63, 3.8) is 0 Å². The van der Waals surface area contributed by atoms with E-state index in [0.29, 0.717) is 11.2 Å². The number of nitrogens with zero attached hydrogens (tertiary/aromatic N) is 4. The van der Waals surface area contributed by atoms with Gasteiger partial charge in [0.05, 0.1) is 20.0 Å². The first kappa shape index (κ1) is 27.1. The molecule has 13 heteroatoms. The van der Waals surface area contributed by atoms with Crippen molar-refractivity contribution in [2.75, 3.05) is 19.5 Å². The number of nitrogen functional groups attached to an aromatic ring is 1. The van der Waals surface area contributed by atoms with Gasteiger partial charge < -0.3 is 28.2 Å². The lowest BCUT2D eigenvalue weighted by Gasteiger charge is -2.50. The summed E-state index contributed by atoms with van der Waals surface area (Å²) in [5, 5.41) is 0. The predicted octanol–water partition coefficient (Wildman–Crippen LogP) is 3.84. The van der Waals surface area contributed by atoms with Gasteiger partial charge in [-0.25, -0.2) is 4.98 Å². The molecule has 2 aromatic heterocycles. The number of carbonyl (C=O) groups excluding carboxylic acids is 1. The highest BCUT2D eigenvalue weighted by molar-refractivity contribution is 6.84. The lowest BCUT2D eigenvalue weighted by Crippen LogP contribution is -2.65. The van der Waals surface area contributed by atoms with Crippen LogP contribution in [0, 0.1) is 0 Å². The molecule has 2 N–H and O–H groups in total. The highest BCUT2D eigenvalue weighted by atomic mass is 28.5. The summed E-state index contributed by atoms with van der Waals surface area (Å²) in [6.07, 6.45) is -0.905. The molecular formula is C23H39N5O6Si2. The Morgan fingerprint density at radius 3 is 2.19 bits per heavy atom. The standard InChI is InChI=1S/C23H39N5O6Si2/c1-12(2)35(13(3)4)31-10-16-19(33-36(34-35,14(5)6)15(7)8)18(29)22(32-16)28-11-25-17-20(28)26-23(24)27-21(17)30-9/h11-16,19,22H,10H2,1-9H3,(H2,24,26,27)/t16-,19-,22-/m1/s1. The highest BCUT2D eigenvalue weighted by Crippen LogP contribution is 2.47. The molecule has 2 aliphatic heterocycles. The Labute approximate surface area is 214 Å². The van der Waals surface area contributed by atoms with Gasteiger partial charge in [-0.3, -0.25) is 9.36 Å². The maximum Gasteiger partial charge on any atom is 0.335 e. The first-order valence-electron chi connectivity index (χ1n) is 12.6. The molecule has 0 spiro atoms. The average Bonchev–Trinajstić information content (AvgIpc) is 3.33. The number of imidazole rings is 1.